The molecule has 17 heavy (non-hydrogen) atoms. The van der Waals surface area contributed by atoms with Gasteiger partial charge in [-0.15, -0.1) is 0 Å². The van der Waals surface area contributed by atoms with Crippen molar-refractivity contribution in [1.82, 2.24) is 20.2 Å². The van der Waals surface area contributed by atoms with Crippen molar-refractivity contribution in [3.8, 4) is 11.4 Å². The van der Waals surface area contributed by atoms with Gasteiger partial charge in [0, 0.05) is 11.4 Å². The van der Waals surface area contributed by atoms with Crippen LogP contribution >= 0.6 is 0 Å². The Morgan fingerprint density at radius 3 is 3.06 bits per heavy atom. The van der Waals surface area contributed by atoms with E-state index in [0.717, 1.165) is 35.8 Å². The van der Waals surface area contributed by atoms with Gasteiger partial charge in [-0.3, -0.25) is 5.10 Å². The highest BCUT2D eigenvalue weighted by Gasteiger charge is 2.21. The molecule has 0 bridgehead atoms. The van der Waals surface area contributed by atoms with Gasteiger partial charge >= 0.3 is 0 Å². The maximum Gasteiger partial charge on any atom is 0.141 e. The lowest BCUT2D eigenvalue weighted by Crippen LogP contribution is -2.12. The Balaban J connectivity index is 1.95. The molecule has 0 amide bonds. The van der Waals surface area contributed by atoms with Gasteiger partial charge in [0.1, 0.15) is 5.82 Å². The second kappa shape index (κ2) is 4.02. The first-order valence-corrected chi connectivity index (χ1v) is 6.36. The molecule has 90 valence electrons. The molecule has 1 aliphatic rings. The smallest absolute Gasteiger partial charge is 0.141 e. The van der Waals surface area contributed by atoms with Gasteiger partial charge in [0.2, 0.25) is 0 Å². The van der Waals surface area contributed by atoms with E-state index in [-0.39, 0.29) is 0 Å². The lowest BCUT2D eigenvalue weighted by Gasteiger charge is -2.18. The summed E-state index contributed by atoms with van der Waals surface area (Å²) in [5, 5.41) is 7.01. The first kappa shape index (κ1) is 10.6. The summed E-state index contributed by atoms with van der Waals surface area (Å²) >= 11 is 0. The highest BCUT2D eigenvalue weighted by Crippen LogP contribution is 2.28. The van der Waals surface area contributed by atoms with Gasteiger partial charge in [0.15, 0.2) is 0 Å². The van der Waals surface area contributed by atoms with Crippen LogP contribution in [-0.2, 0) is 12.8 Å². The van der Waals surface area contributed by atoms with Crippen molar-refractivity contribution in [2.75, 3.05) is 0 Å². The second-order valence-electron chi connectivity index (χ2n) is 4.94. The molecule has 2 aromatic heterocycles. The molecule has 1 unspecified atom stereocenters. The molecule has 3 rings (SSSR count). The second-order valence-corrected chi connectivity index (χ2v) is 4.94. The average molecular weight is 230 g/mol. The predicted molar refractivity (Wildman–Crippen MR) is 66.7 cm³/mol. The van der Waals surface area contributed by atoms with Crippen molar-refractivity contribution in [3.63, 3.8) is 0 Å². The average Bonchev–Trinajstić information content (AvgIpc) is 2.93. The highest BCUT2D eigenvalue weighted by molar-refractivity contribution is 5.57. The van der Waals surface area contributed by atoms with Gasteiger partial charge in [0.05, 0.1) is 17.5 Å². The number of fused-ring (bicyclic) bond motifs is 1. The van der Waals surface area contributed by atoms with Crippen LogP contribution in [-0.4, -0.2) is 20.2 Å². The van der Waals surface area contributed by atoms with Gasteiger partial charge in [-0.25, -0.2) is 4.98 Å². The summed E-state index contributed by atoms with van der Waals surface area (Å²) in [6.07, 6.45) is 6.64. The molecule has 0 aromatic carbocycles. The molecule has 4 heteroatoms. The minimum Gasteiger partial charge on any atom is -0.342 e. The molecule has 0 saturated heterocycles. The van der Waals surface area contributed by atoms with Gasteiger partial charge < -0.3 is 4.98 Å². The van der Waals surface area contributed by atoms with Crippen LogP contribution in [0.25, 0.3) is 11.4 Å². The van der Waals surface area contributed by atoms with Crippen molar-refractivity contribution in [3.05, 3.63) is 23.3 Å². The number of H-pyrrole nitrogens is 2. The maximum absolute atomic E-state index is 4.71. The number of aromatic nitrogens is 4. The number of aryl methyl sites for hydroxylation is 2. The van der Waals surface area contributed by atoms with E-state index in [4.69, 9.17) is 4.98 Å². The van der Waals surface area contributed by atoms with E-state index < -0.39 is 0 Å². The zero-order chi connectivity index (χ0) is 11.8. The molecule has 0 radical (unpaired) electrons. The van der Waals surface area contributed by atoms with Crippen LogP contribution in [0, 0.1) is 12.8 Å². The lowest BCUT2D eigenvalue weighted by molar-refractivity contribution is 0.438. The number of hydrogen-bond donors (Lipinski definition) is 2. The Morgan fingerprint density at radius 1 is 1.47 bits per heavy atom. The quantitative estimate of drug-likeness (QED) is 0.833. The topological polar surface area (TPSA) is 57.4 Å². The third kappa shape index (κ3) is 1.77. The number of imidazole rings is 1. The zero-order valence-electron chi connectivity index (χ0n) is 10.4. The summed E-state index contributed by atoms with van der Waals surface area (Å²) in [6.45, 7) is 4.30. The Morgan fingerprint density at radius 2 is 2.35 bits per heavy atom. The minimum absolute atomic E-state index is 0.821. The summed E-state index contributed by atoms with van der Waals surface area (Å²) in [7, 11) is 0. The molecule has 4 nitrogen and oxygen atoms in total. The van der Waals surface area contributed by atoms with Crippen LogP contribution < -0.4 is 0 Å². The molecule has 0 aliphatic heterocycles. The largest absolute Gasteiger partial charge is 0.342 e. The Kier molecular flexibility index (Phi) is 2.50. The normalized spacial score (nSPS) is 19.3. The molecule has 2 aromatic rings. The van der Waals surface area contributed by atoms with Crippen LogP contribution in [0.15, 0.2) is 6.20 Å². The summed E-state index contributed by atoms with van der Waals surface area (Å²) in [4.78, 5) is 8.18. The van der Waals surface area contributed by atoms with Crippen molar-refractivity contribution >= 4 is 0 Å². The Labute approximate surface area is 101 Å². The van der Waals surface area contributed by atoms with Gasteiger partial charge in [0.25, 0.3) is 0 Å². The van der Waals surface area contributed by atoms with E-state index in [1.54, 1.807) is 0 Å². The van der Waals surface area contributed by atoms with E-state index in [0.29, 0.717) is 0 Å². The zero-order valence-corrected chi connectivity index (χ0v) is 10.4. The predicted octanol–water partition coefficient (Wildman–Crippen LogP) is 2.62. The molecule has 0 fully saturated rings. The fourth-order valence-electron chi connectivity index (χ4n) is 2.62. The van der Waals surface area contributed by atoms with E-state index >= 15 is 0 Å². The fourth-order valence-corrected chi connectivity index (χ4v) is 2.62. The Hall–Kier alpha value is -1.58. The number of rotatable bonds is 2. The summed E-state index contributed by atoms with van der Waals surface area (Å²) in [6, 6.07) is 0. The van der Waals surface area contributed by atoms with Crippen LogP contribution in [0.2, 0.25) is 0 Å². The van der Waals surface area contributed by atoms with Crippen LogP contribution in [0.5, 0.6) is 0 Å². The molecule has 1 aliphatic carbocycles. The van der Waals surface area contributed by atoms with Crippen LogP contribution in [0.3, 0.4) is 0 Å². The van der Waals surface area contributed by atoms with Crippen molar-refractivity contribution in [2.45, 2.75) is 39.5 Å². The first-order valence-electron chi connectivity index (χ1n) is 6.36. The van der Waals surface area contributed by atoms with E-state index in [2.05, 4.69) is 22.1 Å². The standard InChI is InChI=1S/C13H18N4/c1-3-9-4-5-11-12(6-9)16-13(15-11)10-7-14-17-8(10)2/h7,9H,3-6H2,1-2H3,(H,14,17)(H,15,16). The number of nitrogens with one attached hydrogen (secondary N) is 2. The van der Waals surface area contributed by atoms with Gasteiger partial charge in [-0.05, 0) is 32.1 Å². The molecule has 2 N–H and O–H groups in total. The minimum atomic E-state index is 0.821. The number of hydrogen-bond acceptors (Lipinski definition) is 2. The third-order valence-corrected chi connectivity index (χ3v) is 3.81. The lowest BCUT2D eigenvalue weighted by atomic mass is 9.88. The van der Waals surface area contributed by atoms with Crippen LogP contribution in [0.4, 0.5) is 0 Å². The van der Waals surface area contributed by atoms with Gasteiger partial charge in [-0.2, -0.15) is 5.10 Å². The van der Waals surface area contributed by atoms with Gasteiger partial charge in [-0.1, -0.05) is 13.3 Å². The molecule has 0 saturated carbocycles. The van der Waals surface area contributed by atoms with Crippen molar-refractivity contribution in [2.24, 2.45) is 5.92 Å². The molecular formula is C13H18N4. The van der Waals surface area contributed by atoms with Crippen molar-refractivity contribution < 1.29 is 0 Å². The van der Waals surface area contributed by atoms with E-state index in [9.17, 15) is 0 Å². The third-order valence-electron chi connectivity index (χ3n) is 3.81. The summed E-state index contributed by atoms with van der Waals surface area (Å²) in [5.74, 6) is 1.79. The molecule has 2 heterocycles. The van der Waals surface area contributed by atoms with Crippen molar-refractivity contribution in [1.29, 1.82) is 0 Å². The fraction of sp³-hybridized carbons (Fsp3) is 0.538. The number of nitrogens with zero attached hydrogens (tertiary/aromatic N) is 2. The SMILES string of the molecule is CCC1CCc2nc(-c3cn[nH]c3C)[nH]c2C1. The molecule has 1 atom stereocenters. The van der Waals surface area contributed by atoms with E-state index in [1.807, 2.05) is 13.1 Å². The monoisotopic (exact) mass is 230 g/mol. The Bertz CT molecular complexity index is 523. The maximum atomic E-state index is 4.71. The highest BCUT2D eigenvalue weighted by atomic mass is 15.1. The molecule has 0 spiro atoms. The first-order chi connectivity index (χ1) is 8.28. The van der Waals surface area contributed by atoms with E-state index in [1.165, 1.54) is 24.2 Å². The number of aromatic amines is 2. The summed E-state index contributed by atoms with van der Waals surface area (Å²) < 4.78 is 0. The molecular weight excluding hydrogens is 212 g/mol. The summed E-state index contributed by atoms with van der Waals surface area (Å²) in [5.41, 5.74) is 4.75. The van der Waals surface area contributed by atoms with Crippen LogP contribution in [0.1, 0.15) is 36.8 Å².